The SMILES string of the molecule is Cc1cc(N2CCN(C(=O)COC[C@@H]3CCCO3)CC2)n2ncnc2n1. The van der Waals surface area contributed by atoms with Crippen LogP contribution in [0.15, 0.2) is 12.4 Å². The maximum absolute atomic E-state index is 12.3. The fourth-order valence-corrected chi connectivity index (χ4v) is 3.47. The highest BCUT2D eigenvalue weighted by Gasteiger charge is 2.24. The number of carbonyl (C=O) groups excluding carboxylic acids is 1. The molecule has 0 unspecified atom stereocenters. The molecule has 140 valence electrons. The zero-order chi connectivity index (χ0) is 17.9. The topological polar surface area (TPSA) is 85.1 Å². The number of carbonyl (C=O) groups is 1. The molecule has 4 heterocycles. The number of anilines is 1. The summed E-state index contributed by atoms with van der Waals surface area (Å²) >= 11 is 0. The molecule has 2 aliphatic heterocycles. The lowest BCUT2D eigenvalue weighted by molar-refractivity contribution is -0.137. The van der Waals surface area contributed by atoms with Gasteiger partial charge in [0.25, 0.3) is 5.78 Å². The lowest BCUT2D eigenvalue weighted by Crippen LogP contribution is -2.50. The molecular formula is C17H24N6O3. The number of aryl methyl sites for hydroxylation is 1. The predicted octanol–water partition coefficient (Wildman–Crippen LogP) is 0.277. The molecule has 2 aromatic heterocycles. The van der Waals surface area contributed by atoms with Crippen molar-refractivity contribution in [1.29, 1.82) is 0 Å². The van der Waals surface area contributed by atoms with Crippen LogP contribution >= 0.6 is 0 Å². The van der Waals surface area contributed by atoms with Crippen molar-refractivity contribution in [2.24, 2.45) is 0 Å². The highest BCUT2D eigenvalue weighted by molar-refractivity contribution is 5.77. The van der Waals surface area contributed by atoms with Crippen LogP contribution in [-0.4, -0.2) is 82.5 Å². The van der Waals surface area contributed by atoms with Gasteiger partial charge >= 0.3 is 0 Å². The Bertz CT molecular complexity index is 765. The van der Waals surface area contributed by atoms with Gasteiger partial charge in [-0.25, -0.2) is 4.98 Å². The van der Waals surface area contributed by atoms with Crippen LogP contribution in [0.3, 0.4) is 0 Å². The maximum Gasteiger partial charge on any atom is 0.254 e. The molecule has 1 amide bonds. The molecule has 9 heteroatoms. The average Bonchev–Trinajstić information content (AvgIpc) is 3.32. The summed E-state index contributed by atoms with van der Waals surface area (Å²) in [4.78, 5) is 25.0. The van der Waals surface area contributed by atoms with Gasteiger partial charge in [0.1, 0.15) is 18.8 Å². The van der Waals surface area contributed by atoms with E-state index >= 15 is 0 Å². The Morgan fingerprint density at radius 2 is 2.19 bits per heavy atom. The third kappa shape index (κ3) is 3.63. The van der Waals surface area contributed by atoms with Gasteiger partial charge in [0.15, 0.2) is 0 Å². The molecule has 0 radical (unpaired) electrons. The predicted molar refractivity (Wildman–Crippen MR) is 94.1 cm³/mol. The zero-order valence-corrected chi connectivity index (χ0v) is 15.0. The summed E-state index contributed by atoms with van der Waals surface area (Å²) in [6.07, 6.45) is 3.77. The lowest BCUT2D eigenvalue weighted by atomic mass is 10.2. The van der Waals surface area contributed by atoms with E-state index in [0.717, 1.165) is 44.0 Å². The van der Waals surface area contributed by atoms with Crippen LogP contribution in [0.25, 0.3) is 5.78 Å². The van der Waals surface area contributed by atoms with Gasteiger partial charge < -0.3 is 19.3 Å². The first kappa shape index (κ1) is 17.2. The minimum absolute atomic E-state index is 0.0412. The van der Waals surface area contributed by atoms with Crippen LogP contribution in [0.5, 0.6) is 0 Å². The van der Waals surface area contributed by atoms with Crippen molar-refractivity contribution in [2.75, 3.05) is 50.9 Å². The first-order valence-corrected chi connectivity index (χ1v) is 9.10. The molecule has 0 aliphatic carbocycles. The van der Waals surface area contributed by atoms with Crippen molar-refractivity contribution in [3.63, 3.8) is 0 Å². The Labute approximate surface area is 151 Å². The van der Waals surface area contributed by atoms with E-state index in [1.165, 1.54) is 6.33 Å². The fourth-order valence-electron chi connectivity index (χ4n) is 3.47. The van der Waals surface area contributed by atoms with Crippen molar-refractivity contribution in [3.05, 3.63) is 18.1 Å². The molecule has 2 saturated heterocycles. The summed E-state index contributed by atoms with van der Waals surface area (Å²) in [5, 5.41) is 4.26. The highest BCUT2D eigenvalue weighted by atomic mass is 16.5. The van der Waals surface area contributed by atoms with Crippen molar-refractivity contribution in [3.8, 4) is 0 Å². The molecule has 0 bridgehead atoms. The van der Waals surface area contributed by atoms with Crippen LogP contribution in [-0.2, 0) is 14.3 Å². The molecule has 26 heavy (non-hydrogen) atoms. The Balaban J connectivity index is 1.30. The van der Waals surface area contributed by atoms with E-state index in [9.17, 15) is 4.79 Å². The van der Waals surface area contributed by atoms with Gasteiger partial charge in [0.2, 0.25) is 5.91 Å². The van der Waals surface area contributed by atoms with Gasteiger partial charge in [-0.05, 0) is 19.8 Å². The molecular weight excluding hydrogens is 336 g/mol. The Morgan fingerprint density at radius 1 is 1.35 bits per heavy atom. The second-order valence-electron chi connectivity index (χ2n) is 6.75. The smallest absolute Gasteiger partial charge is 0.254 e. The zero-order valence-electron chi connectivity index (χ0n) is 15.0. The molecule has 1 atom stereocenters. The summed E-state index contributed by atoms with van der Waals surface area (Å²) in [6, 6.07) is 2.00. The summed E-state index contributed by atoms with van der Waals surface area (Å²) in [7, 11) is 0. The number of ether oxygens (including phenoxy) is 2. The minimum Gasteiger partial charge on any atom is -0.376 e. The third-order valence-corrected chi connectivity index (χ3v) is 4.87. The number of rotatable bonds is 5. The van der Waals surface area contributed by atoms with E-state index in [1.54, 1.807) is 4.52 Å². The average molecular weight is 360 g/mol. The molecule has 9 nitrogen and oxygen atoms in total. The molecule has 0 aromatic carbocycles. The van der Waals surface area contributed by atoms with E-state index in [4.69, 9.17) is 9.47 Å². The Hall–Kier alpha value is -2.26. The van der Waals surface area contributed by atoms with Crippen molar-refractivity contribution < 1.29 is 14.3 Å². The molecule has 2 aliphatic rings. The second-order valence-corrected chi connectivity index (χ2v) is 6.75. The number of nitrogens with zero attached hydrogens (tertiary/aromatic N) is 6. The number of piperazine rings is 1. The number of fused-ring (bicyclic) bond motifs is 1. The first-order valence-electron chi connectivity index (χ1n) is 9.10. The van der Waals surface area contributed by atoms with E-state index < -0.39 is 0 Å². The quantitative estimate of drug-likeness (QED) is 0.757. The second kappa shape index (κ2) is 7.55. The maximum atomic E-state index is 12.3. The summed E-state index contributed by atoms with van der Waals surface area (Å²) in [6.45, 7) is 6.21. The lowest BCUT2D eigenvalue weighted by Gasteiger charge is -2.36. The Morgan fingerprint density at radius 3 is 2.96 bits per heavy atom. The van der Waals surface area contributed by atoms with Gasteiger partial charge in [0, 0.05) is 44.5 Å². The minimum atomic E-state index is 0.0412. The molecule has 0 N–H and O–H groups in total. The van der Waals surface area contributed by atoms with Gasteiger partial charge in [-0.15, -0.1) is 0 Å². The number of amides is 1. The largest absolute Gasteiger partial charge is 0.376 e. The first-order chi connectivity index (χ1) is 12.7. The Kier molecular flexibility index (Phi) is 4.98. The monoisotopic (exact) mass is 360 g/mol. The van der Waals surface area contributed by atoms with Gasteiger partial charge in [0.05, 0.1) is 12.7 Å². The highest BCUT2D eigenvalue weighted by Crippen LogP contribution is 2.18. The standard InChI is InChI=1S/C17H24N6O3/c1-13-9-15(23-17(20-13)18-12-19-23)21-4-6-22(7-5-21)16(24)11-25-10-14-3-2-8-26-14/h9,12,14H,2-8,10-11H2,1H3/t14-/m0/s1. The van der Waals surface area contributed by atoms with Crippen molar-refractivity contribution >= 4 is 17.5 Å². The summed E-state index contributed by atoms with van der Waals surface area (Å²) < 4.78 is 12.8. The van der Waals surface area contributed by atoms with Gasteiger partial charge in [-0.2, -0.15) is 14.6 Å². The van der Waals surface area contributed by atoms with Gasteiger partial charge in [-0.3, -0.25) is 4.79 Å². The molecule has 0 spiro atoms. The summed E-state index contributed by atoms with van der Waals surface area (Å²) in [5.74, 6) is 1.60. The van der Waals surface area contributed by atoms with Crippen LogP contribution in [0.4, 0.5) is 5.82 Å². The van der Waals surface area contributed by atoms with Crippen molar-refractivity contribution in [1.82, 2.24) is 24.5 Å². The van der Waals surface area contributed by atoms with E-state index in [-0.39, 0.29) is 18.6 Å². The van der Waals surface area contributed by atoms with Gasteiger partial charge in [-0.1, -0.05) is 0 Å². The fraction of sp³-hybridized carbons (Fsp3) is 0.647. The van der Waals surface area contributed by atoms with Crippen molar-refractivity contribution in [2.45, 2.75) is 25.9 Å². The number of hydrogen-bond donors (Lipinski definition) is 0. The van der Waals surface area contributed by atoms with E-state index in [0.29, 0.717) is 25.5 Å². The number of hydrogen-bond acceptors (Lipinski definition) is 7. The van der Waals surface area contributed by atoms with E-state index in [1.807, 2.05) is 17.9 Å². The normalized spacial score (nSPS) is 20.9. The third-order valence-electron chi connectivity index (χ3n) is 4.87. The van der Waals surface area contributed by atoms with Crippen LogP contribution in [0, 0.1) is 6.92 Å². The van der Waals surface area contributed by atoms with Crippen LogP contribution in [0.2, 0.25) is 0 Å². The van der Waals surface area contributed by atoms with Crippen LogP contribution < -0.4 is 4.90 Å². The molecule has 0 saturated carbocycles. The van der Waals surface area contributed by atoms with E-state index in [2.05, 4.69) is 20.0 Å². The summed E-state index contributed by atoms with van der Waals surface area (Å²) in [5.41, 5.74) is 0.904. The molecule has 2 aromatic rings. The van der Waals surface area contributed by atoms with Crippen LogP contribution in [0.1, 0.15) is 18.5 Å². The molecule has 4 rings (SSSR count). The molecule has 2 fully saturated rings. The number of aromatic nitrogens is 4.